The highest BCUT2D eigenvalue weighted by Gasteiger charge is 1.67. The molecule has 0 radical (unpaired) electrons. The summed E-state index contributed by atoms with van der Waals surface area (Å²) >= 11 is 4.31. The summed E-state index contributed by atoms with van der Waals surface area (Å²) in [6.45, 7) is 3.64. The molecule has 0 bridgehead atoms. The molecule has 0 saturated carbocycles. The molecule has 0 amide bonds. The van der Waals surface area contributed by atoms with Gasteiger partial charge in [0, 0.05) is 3.58 Å². The maximum Gasteiger partial charge on any atom is 0.00624 e. The van der Waals surface area contributed by atoms with Gasteiger partial charge in [-0.25, -0.2) is 0 Å². The third-order valence-electron chi connectivity index (χ3n) is 0.244. The van der Waals surface area contributed by atoms with Crippen LogP contribution in [0.1, 0.15) is 0 Å². The van der Waals surface area contributed by atoms with Gasteiger partial charge >= 0.3 is 0 Å². The zero-order valence-electron chi connectivity index (χ0n) is 3.12. The molecule has 0 nitrogen and oxygen atoms in total. The molecule has 0 aliphatic rings. The Morgan fingerprint density at radius 1 is 1.67 bits per heavy atom. The van der Waals surface area contributed by atoms with Crippen LogP contribution in [0, 0.1) is 0 Å². The number of halogens is 2. The molecule has 2 heteroatoms. The number of rotatable bonds is 1. The second kappa shape index (κ2) is 4.11. The fraction of sp³-hybridized carbons (Fsp3) is 0. The van der Waals surface area contributed by atoms with Gasteiger partial charge < -0.3 is 0 Å². The van der Waals surface area contributed by atoms with E-state index in [1.165, 1.54) is 0 Å². The van der Waals surface area contributed by atoms with E-state index in [0.717, 1.165) is 3.58 Å². The molecule has 0 aliphatic heterocycles. The van der Waals surface area contributed by atoms with Crippen molar-refractivity contribution < 1.29 is 0 Å². The third-order valence-corrected chi connectivity index (χ3v) is 0.963. The fourth-order valence-corrected chi connectivity index (χ4v) is 1.37. The summed E-state index contributed by atoms with van der Waals surface area (Å²) in [6.07, 6.45) is 1.95. The monoisotopic (exact) mass is 306 g/mol. The van der Waals surface area contributed by atoms with Crippen molar-refractivity contribution in [1.82, 2.24) is 0 Å². The zero-order chi connectivity index (χ0) is 4.99. The van der Waals surface area contributed by atoms with Gasteiger partial charge in [-0.05, 0) is 32.7 Å². The molecule has 0 rings (SSSR count). The van der Waals surface area contributed by atoms with Crippen molar-refractivity contribution in [3.8, 4) is 0 Å². The molecular formula is C4H4I2. The molecule has 0 fully saturated rings. The van der Waals surface area contributed by atoms with E-state index in [9.17, 15) is 0 Å². The molecule has 0 spiro atoms. The number of hydrogen-bond acceptors (Lipinski definition) is 0. The van der Waals surface area contributed by atoms with Gasteiger partial charge in [-0.2, -0.15) is 0 Å². The van der Waals surface area contributed by atoms with Gasteiger partial charge in [0.2, 0.25) is 0 Å². The van der Waals surface area contributed by atoms with Gasteiger partial charge in [-0.1, -0.05) is 29.2 Å². The molecule has 0 heterocycles. The zero-order valence-corrected chi connectivity index (χ0v) is 7.43. The van der Waals surface area contributed by atoms with Crippen LogP contribution >= 0.6 is 45.2 Å². The summed E-state index contributed by atoms with van der Waals surface area (Å²) < 4.78 is 3.01. The minimum atomic E-state index is 1.07. The summed E-state index contributed by atoms with van der Waals surface area (Å²) in [7, 11) is 0. The Morgan fingerprint density at radius 2 is 2.17 bits per heavy atom. The molecule has 0 N–H and O–H groups in total. The quantitative estimate of drug-likeness (QED) is 0.516. The second-order valence-corrected chi connectivity index (χ2v) is 2.84. The average Bonchev–Trinajstić information content (AvgIpc) is 1.35. The smallest absolute Gasteiger partial charge is 0.00624 e. The van der Waals surface area contributed by atoms with E-state index in [2.05, 4.69) is 51.8 Å². The Kier molecular flexibility index (Phi) is 4.75. The molecule has 0 aromatic rings. The summed E-state index contributed by atoms with van der Waals surface area (Å²) in [5.41, 5.74) is 0. The van der Waals surface area contributed by atoms with Gasteiger partial charge in [-0.15, -0.1) is 0 Å². The van der Waals surface area contributed by atoms with Crippen molar-refractivity contribution in [1.29, 1.82) is 0 Å². The van der Waals surface area contributed by atoms with E-state index >= 15 is 0 Å². The van der Waals surface area contributed by atoms with Crippen LogP contribution in [0.2, 0.25) is 0 Å². The van der Waals surface area contributed by atoms with Crippen LogP contribution in [0.4, 0.5) is 0 Å². The Labute approximate surface area is 65.0 Å². The van der Waals surface area contributed by atoms with Crippen molar-refractivity contribution in [2.75, 3.05) is 0 Å². The van der Waals surface area contributed by atoms with Crippen LogP contribution in [-0.2, 0) is 0 Å². The van der Waals surface area contributed by atoms with E-state index in [0.29, 0.717) is 0 Å². The average molecular weight is 306 g/mol. The van der Waals surface area contributed by atoms with Crippen LogP contribution in [0.15, 0.2) is 20.3 Å². The molecule has 6 heavy (non-hydrogen) atoms. The third kappa shape index (κ3) is 4.94. The lowest BCUT2D eigenvalue weighted by Gasteiger charge is -1.72. The Bertz CT molecular complexity index is 73.6. The van der Waals surface area contributed by atoms with Crippen LogP contribution in [0.5, 0.6) is 0 Å². The normalized spacial score (nSPS) is 9.67. The van der Waals surface area contributed by atoms with E-state index in [1.54, 1.807) is 0 Å². The van der Waals surface area contributed by atoms with E-state index < -0.39 is 0 Å². The Hall–Kier alpha value is 0.940. The van der Waals surface area contributed by atoms with Gasteiger partial charge in [0.1, 0.15) is 0 Å². The van der Waals surface area contributed by atoms with Crippen molar-refractivity contribution in [2.45, 2.75) is 0 Å². The first-order valence-corrected chi connectivity index (χ1v) is 3.71. The molecule has 0 aromatic carbocycles. The highest BCUT2D eigenvalue weighted by Crippen LogP contribution is 2.03. The Balaban J connectivity index is 3.30. The summed E-state index contributed by atoms with van der Waals surface area (Å²) in [5.74, 6) is 0. The number of allylic oxidation sites excluding steroid dienone is 2. The molecule has 0 aromatic heterocycles. The highest BCUT2D eigenvalue weighted by molar-refractivity contribution is 14.1. The Morgan fingerprint density at radius 3 is 2.17 bits per heavy atom. The van der Waals surface area contributed by atoms with Crippen LogP contribution in [-0.4, -0.2) is 0 Å². The minimum absolute atomic E-state index is 1.07. The predicted molar refractivity (Wildman–Crippen MR) is 46.3 cm³/mol. The largest absolute Gasteiger partial charge is 0.0856 e. The lowest BCUT2D eigenvalue weighted by atomic mass is 10.6. The minimum Gasteiger partial charge on any atom is -0.0856 e. The van der Waals surface area contributed by atoms with Gasteiger partial charge in [-0.3, -0.25) is 0 Å². The summed E-state index contributed by atoms with van der Waals surface area (Å²) in [6, 6.07) is 0. The van der Waals surface area contributed by atoms with E-state index in [4.69, 9.17) is 0 Å². The van der Waals surface area contributed by atoms with Crippen LogP contribution in [0.25, 0.3) is 0 Å². The molecule has 34 valence electrons. The lowest BCUT2D eigenvalue weighted by Crippen LogP contribution is -1.44. The van der Waals surface area contributed by atoms with Crippen LogP contribution < -0.4 is 0 Å². The molecule has 0 saturated heterocycles. The molecule has 0 unspecified atom stereocenters. The summed E-state index contributed by atoms with van der Waals surface area (Å²) in [5, 5.41) is 0. The van der Waals surface area contributed by atoms with Crippen molar-refractivity contribution >= 4 is 45.2 Å². The van der Waals surface area contributed by atoms with Gasteiger partial charge in [0.25, 0.3) is 0 Å². The molecule has 0 aliphatic carbocycles. The standard InChI is InChI=1S/C4H4I2/c1-4(6)2-3-5/h2-3H,1H2. The first kappa shape index (κ1) is 6.94. The maximum absolute atomic E-state index is 3.64. The van der Waals surface area contributed by atoms with E-state index in [1.807, 2.05) is 10.2 Å². The number of hydrogen-bond donors (Lipinski definition) is 0. The molecule has 0 atom stereocenters. The van der Waals surface area contributed by atoms with Gasteiger partial charge in [0.15, 0.2) is 0 Å². The highest BCUT2D eigenvalue weighted by atomic mass is 127. The van der Waals surface area contributed by atoms with Crippen molar-refractivity contribution in [3.63, 3.8) is 0 Å². The van der Waals surface area contributed by atoms with Crippen molar-refractivity contribution in [2.24, 2.45) is 0 Å². The second-order valence-electron chi connectivity index (χ2n) is 0.740. The SMILES string of the molecule is C=C(I)C=CI. The van der Waals surface area contributed by atoms with E-state index in [-0.39, 0.29) is 0 Å². The molecular weight excluding hydrogens is 302 g/mol. The maximum atomic E-state index is 3.64. The first-order chi connectivity index (χ1) is 2.77. The first-order valence-electron chi connectivity index (χ1n) is 1.38. The van der Waals surface area contributed by atoms with Gasteiger partial charge in [0.05, 0.1) is 0 Å². The van der Waals surface area contributed by atoms with Crippen LogP contribution in [0.3, 0.4) is 0 Å². The predicted octanol–water partition coefficient (Wildman–Crippen LogP) is 2.88. The van der Waals surface area contributed by atoms with Crippen molar-refractivity contribution in [3.05, 3.63) is 20.3 Å². The summed E-state index contributed by atoms with van der Waals surface area (Å²) in [4.78, 5) is 0. The fourth-order valence-electron chi connectivity index (χ4n) is 0.0684. The lowest BCUT2D eigenvalue weighted by molar-refractivity contribution is 2.11. The topological polar surface area (TPSA) is 0 Å².